The van der Waals surface area contributed by atoms with Gasteiger partial charge < -0.3 is 15.4 Å². The summed E-state index contributed by atoms with van der Waals surface area (Å²) in [7, 11) is 1.40. The Kier molecular flexibility index (Phi) is 4.01. The number of nitrogens with zero attached hydrogens (tertiary/aromatic N) is 2. The number of benzene rings is 1. The van der Waals surface area contributed by atoms with Gasteiger partial charge in [-0.1, -0.05) is 0 Å². The van der Waals surface area contributed by atoms with Crippen LogP contribution in [0.2, 0.25) is 0 Å². The van der Waals surface area contributed by atoms with Crippen molar-refractivity contribution in [2.75, 3.05) is 43.9 Å². The maximum atomic E-state index is 11.7. The average molecular weight is 289 g/mol. The Morgan fingerprint density at radius 2 is 2.10 bits per heavy atom. The van der Waals surface area contributed by atoms with Crippen molar-refractivity contribution >= 4 is 17.3 Å². The van der Waals surface area contributed by atoms with Gasteiger partial charge >= 0.3 is 5.97 Å². The number of methoxy groups -OCH3 is 1. The molecule has 2 aliphatic heterocycles. The summed E-state index contributed by atoms with van der Waals surface area (Å²) < 4.78 is 4.81. The second-order valence-corrected chi connectivity index (χ2v) is 5.90. The van der Waals surface area contributed by atoms with Crippen molar-refractivity contribution in [2.45, 2.75) is 25.3 Å². The summed E-state index contributed by atoms with van der Waals surface area (Å²) in [4.78, 5) is 16.6. The number of carbonyl (C=O) groups is 1. The van der Waals surface area contributed by atoms with E-state index >= 15 is 0 Å². The summed E-state index contributed by atoms with van der Waals surface area (Å²) >= 11 is 0. The fourth-order valence-electron chi connectivity index (χ4n) is 3.49. The minimum atomic E-state index is -0.312. The molecule has 0 spiro atoms. The van der Waals surface area contributed by atoms with E-state index in [1.54, 1.807) is 12.1 Å². The Morgan fingerprint density at radius 3 is 2.90 bits per heavy atom. The van der Waals surface area contributed by atoms with Crippen molar-refractivity contribution in [2.24, 2.45) is 0 Å². The molecule has 0 bridgehead atoms. The lowest BCUT2D eigenvalue weighted by molar-refractivity contribution is 0.0601. The van der Waals surface area contributed by atoms with Crippen molar-refractivity contribution in [3.63, 3.8) is 0 Å². The van der Waals surface area contributed by atoms with Gasteiger partial charge in [0.25, 0.3) is 0 Å². The van der Waals surface area contributed by atoms with Gasteiger partial charge in [-0.25, -0.2) is 4.79 Å². The molecule has 2 N–H and O–H groups in total. The van der Waals surface area contributed by atoms with Crippen LogP contribution in [-0.2, 0) is 4.74 Å². The fraction of sp³-hybridized carbons (Fsp3) is 0.562. The Morgan fingerprint density at radius 1 is 1.29 bits per heavy atom. The zero-order valence-corrected chi connectivity index (χ0v) is 12.5. The molecule has 1 aromatic carbocycles. The van der Waals surface area contributed by atoms with Gasteiger partial charge in [-0.2, -0.15) is 0 Å². The highest BCUT2D eigenvalue weighted by molar-refractivity contribution is 5.92. The van der Waals surface area contributed by atoms with E-state index in [0.29, 0.717) is 11.6 Å². The molecule has 3 rings (SSSR count). The molecule has 21 heavy (non-hydrogen) atoms. The summed E-state index contributed by atoms with van der Waals surface area (Å²) in [5.41, 5.74) is 8.40. The molecule has 0 amide bonds. The first-order valence-electron chi connectivity index (χ1n) is 7.66. The van der Waals surface area contributed by atoms with Crippen LogP contribution in [0.3, 0.4) is 0 Å². The molecular formula is C16H23N3O2. The smallest absolute Gasteiger partial charge is 0.337 e. The molecule has 0 aromatic heterocycles. The molecular weight excluding hydrogens is 266 g/mol. The van der Waals surface area contributed by atoms with Gasteiger partial charge in [-0.15, -0.1) is 0 Å². The van der Waals surface area contributed by atoms with E-state index in [4.69, 9.17) is 10.5 Å². The van der Waals surface area contributed by atoms with E-state index in [-0.39, 0.29) is 5.97 Å². The highest BCUT2D eigenvalue weighted by Gasteiger charge is 2.29. The lowest BCUT2D eigenvalue weighted by atomic mass is 10.1. The largest absolute Gasteiger partial charge is 0.465 e. The summed E-state index contributed by atoms with van der Waals surface area (Å²) in [6.45, 7) is 4.37. The number of anilines is 2. The molecule has 1 aromatic rings. The molecule has 2 heterocycles. The van der Waals surface area contributed by atoms with Gasteiger partial charge in [0.1, 0.15) is 0 Å². The van der Waals surface area contributed by atoms with Gasteiger partial charge in [-0.05, 0) is 44.0 Å². The Bertz CT molecular complexity index is 532. The molecule has 2 fully saturated rings. The quantitative estimate of drug-likeness (QED) is 0.664. The first-order chi connectivity index (χ1) is 10.2. The van der Waals surface area contributed by atoms with Crippen LogP contribution < -0.4 is 10.6 Å². The normalized spacial score (nSPS) is 22.7. The predicted octanol–water partition coefficient (Wildman–Crippen LogP) is 1.73. The minimum Gasteiger partial charge on any atom is -0.465 e. The molecule has 5 heteroatoms. The maximum absolute atomic E-state index is 11.7. The van der Waals surface area contributed by atoms with Crippen LogP contribution in [0.4, 0.5) is 11.4 Å². The summed E-state index contributed by atoms with van der Waals surface area (Å²) in [5, 5.41) is 0. The van der Waals surface area contributed by atoms with Gasteiger partial charge in [0.2, 0.25) is 0 Å². The van der Waals surface area contributed by atoms with Crippen LogP contribution in [0.1, 0.15) is 29.6 Å². The number of rotatable bonds is 2. The zero-order chi connectivity index (χ0) is 14.8. The van der Waals surface area contributed by atoms with Crippen LogP contribution in [0.5, 0.6) is 0 Å². The predicted molar refractivity (Wildman–Crippen MR) is 83.6 cm³/mol. The molecule has 0 radical (unpaired) electrons. The average Bonchev–Trinajstić information content (AvgIpc) is 2.84. The first kappa shape index (κ1) is 14.2. The SMILES string of the molecule is COC(=O)c1ccc(N)c(N2CCCN3CCCC3C2)c1. The standard InChI is InChI=1S/C16H23N3O2/c1-21-16(20)12-5-6-14(17)15(10-12)19-9-3-8-18-7-2-4-13(18)11-19/h5-6,10,13H,2-4,7-9,11,17H2,1H3. The Labute approximate surface area is 125 Å². The third-order valence-corrected chi connectivity index (χ3v) is 4.60. The van der Waals surface area contributed by atoms with Crippen molar-refractivity contribution < 1.29 is 9.53 Å². The first-order valence-corrected chi connectivity index (χ1v) is 7.66. The van der Waals surface area contributed by atoms with E-state index < -0.39 is 0 Å². The second-order valence-electron chi connectivity index (χ2n) is 5.90. The highest BCUT2D eigenvalue weighted by Crippen LogP contribution is 2.29. The molecule has 2 aliphatic rings. The van der Waals surface area contributed by atoms with Gasteiger partial charge in [0, 0.05) is 25.7 Å². The van der Waals surface area contributed by atoms with E-state index in [2.05, 4.69) is 9.80 Å². The number of carbonyl (C=O) groups excluding carboxylic acids is 1. The van der Waals surface area contributed by atoms with E-state index in [9.17, 15) is 4.79 Å². The van der Waals surface area contributed by atoms with Crippen molar-refractivity contribution in [3.05, 3.63) is 23.8 Å². The summed E-state index contributed by atoms with van der Waals surface area (Å²) in [5.74, 6) is -0.312. The maximum Gasteiger partial charge on any atom is 0.337 e. The van der Waals surface area contributed by atoms with Crippen LogP contribution in [0.25, 0.3) is 0 Å². The van der Waals surface area contributed by atoms with Crippen molar-refractivity contribution in [1.29, 1.82) is 0 Å². The van der Waals surface area contributed by atoms with E-state index in [0.717, 1.165) is 37.4 Å². The lowest BCUT2D eigenvalue weighted by Crippen LogP contribution is -2.37. The molecule has 114 valence electrons. The van der Waals surface area contributed by atoms with E-state index in [1.165, 1.54) is 26.5 Å². The third kappa shape index (κ3) is 2.83. The highest BCUT2D eigenvalue weighted by atomic mass is 16.5. The zero-order valence-electron chi connectivity index (χ0n) is 12.5. The van der Waals surface area contributed by atoms with Gasteiger partial charge in [-0.3, -0.25) is 4.90 Å². The van der Waals surface area contributed by atoms with Crippen LogP contribution in [0.15, 0.2) is 18.2 Å². The fourth-order valence-corrected chi connectivity index (χ4v) is 3.49. The van der Waals surface area contributed by atoms with E-state index in [1.807, 2.05) is 6.07 Å². The lowest BCUT2D eigenvalue weighted by Gasteiger charge is -2.28. The number of hydrogen-bond acceptors (Lipinski definition) is 5. The topological polar surface area (TPSA) is 58.8 Å². The molecule has 2 saturated heterocycles. The Hall–Kier alpha value is -1.75. The minimum absolute atomic E-state index is 0.312. The van der Waals surface area contributed by atoms with Crippen molar-refractivity contribution in [1.82, 2.24) is 4.90 Å². The molecule has 0 aliphatic carbocycles. The number of esters is 1. The summed E-state index contributed by atoms with van der Waals surface area (Å²) in [6, 6.07) is 6.02. The van der Waals surface area contributed by atoms with Gasteiger partial charge in [0.15, 0.2) is 0 Å². The molecule has 1 atom stereocenters. The Balaban J connectivity index is 1.86. The van der Waals surface area contributed by atoms with Crippen LogP contribution >= 0.6 is 0 Å². The number of nitrogen functional groups attached to an aromatic ring is 1. The third-order valence-electron chi connectivity index (χ3n) is 4.60. The number of ether oxygens (including phenoxy) is 1. The second kappa shape index (κ2) is 5.93. The number of hydrogen-bond donors (Lipinski definition) is 1. The van der Waals surface area contributed by atoms with Gasteiger partial charge in [0.05, 0.1) is 24.0 Å². The number of fused-ring (bicyclic) bond motifs is 1. The summed E-state index contributed by atoms with van der Waals surface area (Å²) in [6.07, 6.45) is 3.68. The monoisotopic (exact) mass is 289 g/mol. The molecule has 1 unspecified atom stereocenters. The molecule has 5 nitrogen and oxygen atoms in total. The number of nitrogens with two attached hydrogens (primary N) is 1. The van der Waals surface area contributed by atoms with Crippen molar-refractivity contribution in [3.8, 4) is 0 Å². The molecule has 0 saturated carbocycles. The van der Waals surface area contributed by atoms with Crippen LogP contribution in [-0.4, -0.2) is 50.2 Å². The van der Waals surface area contributed by atoms with Crippen LogP contribution in [0, 0.1) is 0 Å².